The first-order valence-electron chi connectivity index (χ1n) is 18.9. The smallest absolute Gasteiger partial charge is 0.306 e. The van der Waals surface area contributed by atoms with E-state index in [1.54, 1.807) is 0 Å². The fraction of sp³-hybridized carbons (Fsp3) is 0.892. The van der Waals surface area contributed by atoms with Gasteiger partial charge in [0.05, 0.1) is 27.7 Å². The van der Waals surface area contributed by atoms with Gasteiger partial charge in [0.15, 0.2) is 6.10 Å². The highest BCUT2D eigenvalue weighted by molar-refractivity contribution is 7.45. The molecular formula is C37H72NO8P. The second kappa shape index (κ2) is 30.8. The number of phosphoric ester groups is 1. The van der Waals surface area contributed by atoms with Gasteiger partial charge in [0.1, 0.15) is 19.8 Å². The van der Waals surface area contributed by atoms with Crippen molar-refractivity contribution in [3.63, 3.8) is 0 Å². The number of likely N-dealkylation sites (N-methyl/N-ethyl adjacent to an activating group) is 1. The van der Waals surface area contributed by atoms with E-state index in [2.05, 4.69) is 26.0 Å². The van der Waals surface area contributed by atoms with Crippen LogP contribution in [0.25, 0.3) is 0 Å². The second-order valence-corrected chi connectivity index (χ2v) is 15.4. The molecule has 0 amide bonds. The lowest BCUT2D eigenvalue weighted by Gasteiger charge is -2.28. The van der Waals surface area contributed by atoms with Crippen molar-refractivity contribution in [1.29, 1.82) is 0 Å². The fourth-order valence-electron chi connectivity index (χ4n) is 5.01. The van der Waals surface area contributed by atoms with Crippen LogP contribution in [-0.2, 0) is 32.7 Å². The molecule has 0 aliphatic carbocycles. The Bertz CT molecular complexity index is 830. The maximum Gasteiger partial charge on any atom is 0.306 e. The van der Waals surface area contributed by atoms with E-state index in [4.69, 9.17) is 18.5 Å². The normalized spacial score (nSPS) is 13.9. The minimum atomic E-state index is -4.61. The first-order valence-corrected chi connectivity index (χ1v) is 20.4. The topological polar surface area (TPSA) is 111 Å². The lowest BCUT2D eigenvalue weighted by molar-refractivity contribution is -0.870. The van der Waals surface area contributed by atoms with Crippen molar-refractivity contribution in [2.24, 2.45) is 0 Å². The van der Waals surface area contributed by atoms with Crippen LogP contribution in [0.3, 0.4) is 0 Å². The summed E-state index contributed by atoms with van der Waals surface area (Å²) in [5.74, 6) is -0.844. The van der Waals surface area contributed by atoms with Crippen molar-refractivity contribution in [2.75, 3.05) is 47.5 Å². The summed E-state index contributed by atoms with van der Waals surface area (Å²) < 4.78 is 33.7. The number of hydrogen-bond acceptors (Lipinski definition) is 8. The molecule has 9 nitrogen and oxygen atoms in total. The Morgan fingerprint density at radius 2 is 1.13 bits per heavy atom. The number of carbonyl (C=O) groups excluding carboxylic acids is 2. The predicted octanol–water partition coefficient (Wildman–Crippen LogP) is 9.22. The minimum Gasteiger partial charge on any atom is -0.756 e. The second-order valence-electron chi connectivity index (χ2n) is 13.9. The summed E-state index contributed by atoms with van der Waals surface area (Å²) in [6.45, 7) is 4.14. The van der Waals surface area contributed by atoms with Gasteiger partial charge in [-0.1, -0.05) is 129 Å². The molecule has 0 rings (SSSR count). The van der Waals surface area contributed by atoms with Crippen LogP contribution in [0.2, 0.25) is 0 Å². The quantitative estimate of drug-likeness (QED) is 0.0216. The number of unbranched alkanes of at least 4 members (excludes halogenated alkanes) is 18. The number of ether oxygens (including phenoxy) is 2. The first-order chi connectivity index (χ1) is 22.5. The van der Waals surface area contributed by atoms with E-state index in [1.807, 2.05) is 21.1 Å². The van der Waals surface area contributed by atoms with Crippen molar-refractivity contribution in [3.8, 4) is 0 Å². The number of esters is 2. The Kier molecular flexibility index (Phi) is 30.0. The summed E-state index contributed by atoms with van der Waals surface area (Å²) in [4.78, 5) is 37.2. The molecule has 47 heavy (non-hydrogen) atoms. The Morgan fingerprint density at radius 1 is 0.638 bits per heavy atom. The molecule has 0 heterocycles. The molecule has 0 N–H and O–H groups in total. The molecule has 0 aromatic rings. The third-order valence-corrected chi connectivity index (χ3v) is 8.98. The van der Waals surface area contributed by atoms with Crippen LogP contribution in [0.4, 0.5) is 0 Å². The van der Waals surface area contributed by atoms with Gasteiger partial charge in [0, 0.05) is 12.8 Å². The summed E-state index contributed by atoms with van der Waals surface area (Å²) in [7, 11) is 1.16. The Hall–Kier alpha value is -1.25. The third kappa shape index (κ3) is 34.4. The van der Waals surface area contributed by atoms with Crippen molar-refractivity contribution >= 4 is 19.8 Å². The fourth-order valence-corrected chi connectivity index (χ4v) is 5.74. The Labute approximate surface area is 288 Å². The van der Waals surface area contributed by atoms with E-state index in [-0.39, 0.29) is 32.0 Å². The molecule has 0 spiro atoms. The van der Waals surface area contributed by atoms with Crippen LogP contribution in [-0.4, -0.2) is 70.0 Å². The molecule has 0 aromatic carbocycles. The number of hydrogen-bond donors (Lipinski definition) is 0. The van der Waals surface area contributed by atoms with Gasteiger partial charge >= 0.3 is 11.9 Å². The molecule has 2 atom stereocenters. The number of nitrogens with zero attached hydrogens (tertiary/aromatic N) is 1. The van der Waals surface area contributed by atoms with E-state index < -0.39 is 26.5 Å². The van der Waals surface area contributed by atoms with Gasteiger partial charge in [-0.2, -0.15) is 0 Å². The molecule has 2 unspecified atom stereocenters. The Balaban J connectivity index is 4.42. The van der Waals surface area contributed by atoms with Gasteiger partial charge in [-0.3, -0.25) is 14.2 Å². The van der Waals surface area contributed by atoms with E-state index in [9.17, 15) is 19.0 Å². The molecule has 0 fully saturated rings. The number of phosphoric acid groups is 1. The summed E-state index contributed by atoms with van der Waals surface area (Å²) in [6, 6.07) is 0. The summed E-state index contributed by atoms with van der Waals surface area (Å²) >= 11 is 0. The lowest BCUT2D eigenvalue weighted by Crippen LogP contribution is -2.37. The average Bonchev–Trinajstić information content (AvgIpc) is 3.01. The number of rotatable bonds is 34. The zero-order chi connectivity index (χ0) is 35.1. The molecule has 0 aromatic heterocycles. The first kappa shape index (κ1) is 45.8. The SMILES string of the molecule is CCC/C=C\CCCCCCCC(=O)OC(COC(=O)CCCCCCCCCCCCCCC)COP(=O)([O-])OCC[N+](C)(C)C. The van der Waals surface area contributed by atoms with Crippen molar-refractivity contribution < 1.29 is 42.1 Å². The summed E-state index contributed by atoms with van der Waals surface area (Å²) in [5.41, 5.74) is 0. The van der Waals surface area contributed by atoms with Crippen LogP contribution < -0.4 is 4.89 Å². The molecule has 0 bridgehead atoms. The van der Waals surface area contributed by atoms with E-state index in [0.29, 0.717) is 17.4 Å². The molecule has 278 valence electrons. The maximum absolute atomic E-state index is 12.5. The number of quaternary nitrogens is 1. The highest BCUT2D eigenvalue weighted by Gasteiger charge is 2.21. The van der Waals surface area contributed by atoms with Gasteiger partial charge in [0.25, 0.3) is 7.82 Å². The van der Waals surface area contributed by atoms with Crippen molar-refractivity contribution in [2.45, 2.75) is 168 Å². The standard InChI is InChI=1S/C37H72NO8P/c1-6-8-10-12-14-16-18-19-20-22-23-25-27-29-36(39)43-33-35(34-45-47(41,42)44-32-31-38(3,4)5)46-37(40)30-28-26-24-21-17-15-13-11-9-7-2/h11,13,35H,6-10,12,14-34H2,1-5H3/b13-11-. The van der Waals surface area contributed by atoms with Gasteiger partial charge < -0.3 is 27.9 Å². The van der Waals surface area contributed by atoms with Gasteiger partial charge in [-0.05, 0) is 32.1 Å². The van der Waals surface area contributed by atoms with Crippen LogP contribution in [0.5, 0.6) is 0 Å². The highest BCUT2D eigenvalue weighted by atomic mass is 31.2. The van der Waals surface area contributed by atoms with Crippen LogP contribution in [0.15, 0.2) is 12.2 Å². The molecular weight excluding hydrogens is 617 g/mol. The molecule has 0 aliphatic heterocycles. The van der Waals surface area contributed by atoms with E-state index in [1.165, 1.54) is 70.6 Å². The molecule has 10 heteroatoms. The van der Waals surface area contributed by atoms with Crippen LogP contribution in [0.1, 0.15) is 162 Å². The largest absolute Gasteiger partial charge is 0.756 e. The summed E-state index contributed by atoms with van der Waals surface area (Å²) in [5, 5.41) is 0. The molecule has 0 radical (unpaired) electrons. The predicted molar refractivity (Wildman–Crippen MR) is 190 cm³/mol. The monoisotopic (exact) mass is 689 g/mol. The third-order valence-electron chi connectivity index (χ3n) is 8.02. The minimum absolute atomic E-state index is 0.0299. The zero-order valence-corrected chi connectivity index (χ0v) is 31.9. The maximum atomic E-state index is 12.5. The molecule has 0 aliphatic rings. The van der Waals surface area contributed by atoms with Crippen molar-refractivity contribution in [1.82, 2.24) is 0 Å². The van der Waals surface area contributed by atoms with Crippen molar-refractivity contribution in [3.05, 3.63) is 12.2 Å². The Morgan fingerprint density at radius 3 is 1.66 bits per heavy atom. The number of allylic oxidation sites excluding steroid dienone is 2. The highest BCUT2D eigenvalue weighted by Crippen LogP contribution is 2.38. The molecule has 0 saturated carbocycles. The number of carbonyl (C=O) groups is 2. The zero-order valence-electron chi connectivity index (χ0n) is 31.0. The van der Waals surface area contributed by atoms with Crippen LogP contribution in [0, 0.1) is 0 Å². The summed E-state index contributed by atoms with van der Waals surface area (Å²) in [6.07, 6.45) is 28.1. The van der Waals surface area contributed by atoms with Gasteiger partial charge in [-0.25, -0.2) is 0 Å². The van der Waals surface area contributed by atoms with E-state index in [0.717, 1.165) is 57.8 Å². The van der Waals surface area contributed by atoms with Gasteiger partial charge in [-0.15, -0.1) is 0 Å². The lowest BCUT2D eigenvalue weighted by atomic mass is 10.0. The van der Waals surface area contributed by atoms with Gasteiger partial charge in [0.2, 0.25) is 0 Å². The van der Waals surface area contributed by atoms with E-state index >= 15 is 0 Å². The average molecular weight is 690 g/mol. The van der Waals surface area contributed by atoms with Crippen LogP contribution >= 0.6 is 7.82 Å². The molecule has 0 saturated heterocycles.